The number of carbonyl (C=O) groups is 1. The first-order chi connectivity index (χ1) is 14.4. The van der Waals surface area contributed by atoms with Crippen LogP contribution in [-0.4, -0.2) is 22.6 Å². The fourth-order valence-corrected chi connectivity index (χ4v) is 3.88. The van der Waals surface area contributed by atoms with Gasteiger partial charge in [-0.25, -0.2) is 14.2 Å². The summed E-state index contributed by atoms with van der Waals surface area (Å²) >= 11 is 12.0. The number of carboxylic acid groups (broad SMARTS) is 1. The Labute approximate surface area is 182 Å². The summed E-state index contributed by atoms with van der Waals surface area (Å²) in [4.78, 5) is 16.3. The number of rotatable bonds is 6. The fraction of sp³-hybridized carbons (Fsp3) is 0.182. The lowest BCUT2D eigenvalue weighted by Crippen LogP contribution is -2.09. The van der Waals surface area contributed by atoms with E-state index in [1.807, 2.05) is 0 Å². The van der Waals surface area contributed by atoms with Crippen LogP contribution in [0.1, 0.15) is 32.6 Å². The number of aromatic nitrogens is 1. The minimum Gasteiger partial charge on any atom is -0.489 e. The molecule has 1 aliphatic heterocycles. The first kappa shape index (κ1) is 20.4. The average molecular weight is 447 g/mol. The molecule has 0 saturated carbocycles. The SMILES string of the molecule is O=C(O)c1c(Cc2cc(Cl)ccc2OCc2ccc(Cl)cc2F)cnc2c1CCN2. The van der Waals surface area contributed by atoms with Crippen LogP contribution in [-0.2, 0) is 19.4 Å². The minimum atomic E-state index is -1.000. The van der Waals surface area contributed by atoms with E-state index in [2.05, 4.69) is 10.3 Å². The molecule has 30 heavy (non-hydrogen) atoms. The molecule has 0 spiro atoms. The molecule has 0 atom stereocenters. The topological polar surface area (TPSA) is 71.5 Å². The van der Waals surface area contributed by atoms with Gasteiger partial charge in [-0.1, -0.05) is 29.3 Å². The lowest BCUT2D eigenvalue weighted by Gasteiger charge is -2.15. The Morgan fingerprint density at radius 2 is 1.90 bits per heavy atom. The number of nitrogens with one attached hydrogen (secondary N) is 1. The third-order valence-corrected chi connectivity index (χ3v) is 5.41. The zero-order valence-corrected chi connectivity index (χ0v) is 17.2. The van der Waals surface area contributed by atoms with Crippen molar-refractivity contribution in [3.8, 4) is 5.75 Å². The van der Waals surface area contributed by atoms with Crippen molar-refractivity contribution < 1.29 is 19.0 Å². The summed E-state index contributed by atoms with van der Waals surface area (Å²) in [5.74, 6) is -0.359. The first-order valence-electron chi connectivity index (χ1n) is 9.25. The molecule has 0 fully saturated rings. The molecule has 2 N–H and O–H groups in total. The van der Waals surface area contributed by atoms with Crippen molar-refractivity contribution in [1.29, 1.82) is 0 Å². The lowest BCUT2D eigenvalue weighted by atomic mass is 9.96. The van der Waals surface area contributed by atoms with E-state index < -0.39 is 11.8 Å². The highest BCUT2D eigenvalue weighted by Crippen LogP contribution is 2.31. The monoisotopic (exact) mass is 446 g/mol. The summed E-state index contributed by atoms with van der Waals surface area (Å²) in [5.41, 5.74) is 2.56. The van der Waals surface area contributed by atoms with Crippen molar-refractivity contribution in [2.45, 2.75) is 19.4 Å². The van der Waals surface area contributed by atoms with Gasteiger partial charge < -0.3 is 15.2 Å². The number of halogens is 3. The molecule has 5 nitrogen and oxygen atoms in total. The van der Waals surface area contributed by atoms with Gasteiger partial charge in [-0.3, -0.25) is 0 Å². The highest BCUT2D eigenvalue weighted by molar-refractivity contribution is 6.30. The number of pyridine rings is 1. The van der Waals surface area contributed by atoms with E-state index in [1.54, 1.807) is 36.5 Å². The molecule has 154 valence electrons. The molecule has 2 aromatic carbocycles. The largest absolute Gasteiger partial charge is 0.489 e. The third-order valence-electron chi connectivity index (χ3n) is 4.94. The highest BCUT2D eigenvalue weighted by atomic mass is 35.5. The van der Waals surface area contributed by atoms with Gasteiger partial charge in [0.1, 0.15) is 24.0 Å². The fourth-order valence-electron chi connectivity index (χ4n) is 3.53. The van der Waals surface area contributed by atoms with Crippen LogP contribution in [0.25, 0.3) is 0 Å². The van der Waals surface area contributed by atoms with E-state index in [-0.39, 0.29) is 18.6 Å². The Bertz CT molecular complexity index is 1140. The summed E-state index contributed by atoms with van der Waals surface area (Å²) in [6.45, 7) is 0.653. The van der Waals surface area contributed by atoms with Crippen LogP contribution in [0.3, 0.4) is 0 Å². The van der Waals surface area contributed by atoms with Crippen molar-refractivity contribution in [2.24, 2.45) is 0 Å². The van der Waals surface area contributed by atoms with E-state index >= 15 is 0 Å². The maximum atomic E-state index is 14.1. The van der Waals surface area contributed by atoms with Gasteiger partial charge in [0.25, 0.3) is 0 Å². The number of carboxylic acids is 1. The maximum Gasteiger partial charge on any atom is 0.336 e. The first-order valence-corrected chi connectivity index (χ1v) is 10.0. The Balaban J connectivity index is 1.64. The summed E-state index contributed by atoms with van der Waals surface area (Å²) in [6, 6.07) is 9.46. The van der Waals surface area contributed by atoms with Gasteiger partial charge in [0.2, 0.25) is 0 Å². The van der Waals surface area contributed by atoms with Crippen molar-refractivity contribution in [3.63, 3.8) is 0 Å². The van der Waals surface area contributed by atoms with Crippen LogP contribution in [0.15, 0.2) is 42.6 Å². The molecule has 1 aliphatic rings. The van der Waals surface area contributed by atoms with Crippen LogP contribution in [0.4, 0.5) is 10.2 Å². The van der Waals surface area contributed by atoms with E-state index in [1.165, 1.54) is 6.07 Å². The number of benzene rings is 2. The summed E-state index contributed by atoms with van der Waals surface area (Å²) < 4.78 is 19.9. The van der Waals surface area contributed by atoms with Crippen molar-refractivity contribution in [2.75, 3.05) is 11.9 Å². The second kappa shape index (κ2) is 8.50. The molecule has 0 aliphatic carbocycles. The Morgan fingerprint density at radius 1 is 1.13 bits per heavy atom. The highest BCUT2D eigenvalue weighted by Gasteiger charge is 2.24. The van der Waals surface area contributed by atoms with E-state index in [4.69, 9.17) is 27.9 Å². The van der Waals surface area contributed by atoms with Gasteiger partial charge >= 0.3 is 5.97 Å². The number of aromatic carboxylic acids is 1. The number of hydrogen-bond acceptors (Lipinski definition) is 4. The zero-order chi connectivity index (χ0) is 21.3. The lowest BCUT2D eigenvalue weighted by molar-refractivity contribution is 0.0694. The van der Waals surface area contributed by atoms with E-state index in [0.717, 1.165) is 0 Å². The predicted octanol–water partition coefficient (Wildman–Crippen LogP) is 5.36. The van der Waals surface area contributed by atoms with E-state index in [0.29, 0.717) is 56.8 Å². The second-order valence-electron chi connectivity index (χ2n) is 6.92. The number of anilines is 1. The summed E-state index contributed by atoms with van der Waals surface area (Å²) in [6.07, 6.45) is 2.43. The molecule has 0 bridgehead atoms. The van der Waals surface area contributed by atoms with Crippen LogP contribution in [0, 0.1) is 5.82 Å². The standard InChI is InChI=1S/C22H17Cl2FN2O3/c23-15-3-4-19(30-11-12-1-2-16(24)9-18(12)25)13(8-15)7-14-10-27-21-17(5-6-26-21)20(14)22(28)29/h1-4,8-10H,5-7,11H2,(H,26,27)(H,28,29). The maximum absolute atomic E-state index is 14.1. The molecule has 0 amide bonds. The molecule has 2 heterocycles. The van der Waals surface area contributed by atoms with Crippen molar-refractivity contribution in [1.82, 2.24) is 4.98 Å². The molecule has 3 aromatic rings. The van der Waals surface area contributed by atoms with Gasteiger partial charge in [0, 0.05) is 45.9 Å². The quantitative estimate of drug-likeness (QED) is 0.532. The van der Waals surface area contributed by atoms with Crippen LogP contribution < -0.4 is 10.1 Å². The Kier molecular flexibility index (Phi) is 5.79. The second-order valence-corrected chi connectivity index (χ2v) is 7.79. The Hall–Kier alpha value is -2.83. The molecule has 0 radical (unpaired) electrons. The van der Waals surface area contributed by atoms with Crippen LogP contribution >= 0.6 is 23.2 Å². The van der Waals surface area contributed by atoms with Gasteiger partial charge in [0.05, 0.1) is 5.56 Å². The minimum absolute atomic E-state index is 0.00419. The van der Waals surface area contributed by atoms with Crippen LogP contribution in [0.2, 0.25) is 10.0 Å². The van der Waals surface area contributed by atoms with Gasteiger partial charge in [-0.05, 0) is 42.3 Å². The number of ether oxygens (including phenoxy) is 1. The number of fused-ring (bicyclic) bond motifs is 1. The molecule has 4 rings (SSSR count). The molecule has 0 unspecified atom stereocenters. The average Bonchev–Trinajstić information content (AvgIpc) is 3.16. The van der Waals surface area contributed by atoms with Gasteiger partial charge in [-0.2, -0.15) is 0 Å². The van der Waals surface area contributed by atoms with Crippen molar-refractivity contribution in [3.05, 3.63) is 86.3 Å². The normalized spacial score (nSPS) is 12.4. The zero-order valence-electron chi connectivity index (χ0n) is 15.7. The van der Waals surface area contributed by atoms with E-state index in [9.17, 15) is 14.3 Å². The molecular weight excluding hydrogens is 430 g/mol. The summed E-state index contributed by atoms with van der Waals surface area (Å²) in [7, 11) is 0. The van der Waals surface area contributed by atoms with Gasteiger partial charge in [-0.15, -0.1) is 0 Å². The Morgan fingerprint density at radius 3 is 2.67 bits per heavy atom. The molecular formula is C22H17Cl2FN2O3. The third kappa shape index (κ3) is 4.20. The summed E-state index contributed by atoms with van der Waals surface area (Å²) in [5, 5.41) is 13.7. The van der Waals surface area contributed by atoms with Gasteiger partial charge in [0.15, 0.2) is 0 Å². The number of nitrogens with zero attached hydrogens (tertiary/aromatic N) is 1. The molecule has 1 aromatic heterocycles. The number of hydrogen-bond donors (Lipinski definition) is 2. The molecule has 0 saturated heterocycles. The van der Waals surface area contributed by atoms with Crippen molar-refractivity contribution >= 4 is 35.0 Å². The molecule has 8 heteroatoms. The predicted molar refractivity (Wildman–Crippen MR) is 113 cm³/mol. The smallest absolute Gasteiger partial charge is 0.336 e. The van der Waals surface area contributed by atoms with Crippen LogP contribution in [0.5, 0.6) is 5.75 Å².